The van der Waals surface area contributed by atoms with Gasteiger partial charge < -0.3 is 9.47 Å². The Hall–Kier alpha value is -1.06. The lowest BCUT2D eigenvalue weighted by atomic mass is 10.0. The van der Waals surface area contributed by atoms with Gasteiger partial charge in [0.25, 0.3) is 0 Å². The van der Waals surface area contributed by atoms with E-state index in [0.717, 1.165) is 57.8 Å². The SMILES string of the molecule is CCCCCCCCCC(CCCCCCCCOC(=O)CCCCCCC)OC(=O)CCCCCCC. The summed E-state index contributed by atoms with van der Waals surface area (Å²) in [5.41, 5.74) is 0. The van der Waals surface area contributed by atoms with Crippen LogP contribution in [0.3, 0.4) is 0 Å². The van der Waals surface area contributed by atoms with Gasteiger partial charge in [0.05, 0.1) is 6.61 Å². The number of unbranched alkanes of at least 4 members (excludes halogenated alkanes) is 19. The molecule has 0 aromatic heterocycles. The van der Waals surface area contributed by atoms with Gasteiger partial charge in [-0.2, -0.15) is 0 Å². The topological polar surface area (TPSA) is 52.6 Å². The van der Waals surface area contributed by atoms with Crippen LogP contribution >= 0.6 is 0 Å². The highest BCUT2D eigenvalue weighted by Crippen LogP contribution is 2.18. The largest absolute Gasteiger partial charge is 0.466 e. The molecule has 0 aromatic carbocycles. The van der Waals surface area contributed by atoms with Crippen LogP contribution in [-0.4, -0.2) is 24.6 Å². The van der Waals surface area contributed by atoms with Gasteiger partial charge in [0, 0.05) is 12.8 Å². The molecule has 0 heterocycles. The predicted molar refractivity (Wildman–Crippen MR) is 163 cm³/mol. The average molecular weight is 539 g/mol. The number of carbonyl (C=O) groups is 2. The maximum Gasteiger partial charge on any atom is 0.306 e. The molecule has 1 atom stereocenters. The van der Waals surface area contributed by atoms with Crippen molar-refractivity contribution in [2.45, 2.75) is 200 Å². The lowest BCUT2D eigenvalue weighted by molar-refractivity contribution is -0.150. The van der Waals surface area contributed by atoms with Crippen LogP contribution in [0.5, 0.6) is 0 Å². The first kappa shape index (κ1) is 36.9. The van der Waals surface area contributed by atoms with E-state index in [0.29, 0.717) is 19.4 Å². The molecule has 226 valence electrons. The third kappa shape index (κ3) is 28.0. The van der Waals surface area contributed by atoms with E-state index in [4.69, 9.17) is 9.47 Å². The monoisotopic (exact) mass is 538 g/mol. The fourth-order valence-electron chi connectivity index (χ4n) is 5.02. The van der Waals surface area contributed by atoms with E-state index < -0.39 is 0 Å². The van der Waals surface area contributed by atoms with Crippen molar-refractivity contribution >= 4 is 11.9 Å². The van der Waals surface area contributed by atoms with Crippen molar-refractivity contribution in [2.24, 2.45) is 0 Å². The van der Waals surface area contributed by atoms with E-state index in [2.05, 4.69) is 20.8 Å². The fraction of sp³-hybridized carbons (Fsp3) is 0.941. The first-order valence-electron chi connectivity index (χ1n) is 17.0. The van der Waals surface area contributed by atoms with E-state index in [9.17, 15) is 9.59 Å². The van der Waals surface area contributed by atoms with Crippen molar-refractivity contribution in [2.75, 3.05) is 6.61 Å². The molecule has 0 radical (unpaired) electrons. The molecule has 0 N–H and O–H groups in total. The maximum atomic E-state index is 12.4. The molecule has 4 nitrogen and oxygen atoms in total. The Morgan fingerprint density at radius 1 is 0.447 bits per heavy atom. The summed E-state index contributed by atoms with van der Waals surface area (Å²) in [4.78, 5) is 24.2. The lowest BCUT2D eigenvalue weighted by Crippen LogP contribution is -2.18. The van der Waals surface area contributed by atoms with Gasteiger partial charge in [-0.05, 0) is 44.9 Å². The lowest BCUT2D eigenvalue weighted by Gasteiger charge is -2.18. The summed E-state index contributed by atoms with van der Waals surface area (Å²) in [6.07, 6.45) is 30.9. The molecule has 0 rings (SSSR count). The number of esters is 2. The number of ether oxygens (including phenoxy) is 2. The number of hydrogen-bond donors (Lipinski definition) is 0. The van der Waals surface area contributed by atoms with Gasteiger partial charge in [0.2, 0.25) is 0 Å². The van der Waals surface area contributed by atoms with Crippen molar-refractivity contribution in [3.63, 3.8) is 0 Å². The summed E-state index contributed by atoms with van der Waals surface area (Å²) in [5, 5.41) is 0. The summed E-state index contributed by atoms with van der Waals surface area (Å²) >= 11 is 0. The zero-order chi connectivity index (χ0) is 27.9. The zero-order valence-corrected chi connectivity index (χ0v) is 26.0. The van der Waals surface area contributed by atoms with Crippen LogP contribution < -0.4 is 0 Å². The molecule has 0 aliphatic carbocycles. The summed E-state index contributed by atoms with van der Waals surface area (Å²) in [6, 6.07) is 0. The van der Waals surface area contributed by atoms with Crippen LogP contribution in [0.2, 0.25) is 0 Å². The van der Waals surface area contributed by atoms with E-state index >= 15 is 0 Å². The Morgan fingerprint density at radius 2 is 0.816 bits per heavy atom. The first-order chi connectivity index (χ1) is 18.6. The second kappa shape index (κ2) is 30.5. The minimum absolute atomic E-state index is 0.0185. The molecule has 38 heavy (non-hydrogen) atoms. The van der Waals surface area contributed by atoms with Gasteiger partial charge in [0.15, 0.2) is 0 Å². The van der Waals surface area contributed by atoms with E-state index in [-0.39, 0.29) is 18.0 Å². The highest BCUT2D eigenvalue weighted by Gasteiger charge is 2.14. The fourth-order valence-corrected chi connectivity index (χ4v) is 5.02. The Labute approximate surface area is 237 Å². The number of carbonyl (C=O) groups excluding carboxylic acids is 2. The van der Waals surface area contributed by atoms with Crippen molar-refractivity contribution in [1.29, 1.82) is 0 Å². The molecule has 0 aromatic rings. The van der Waals surface area contributed by atoms with Gasteiger partial charge in [0.1, 0.15) is 6.10 Å². The minimum Gasteiger partial charge on any atom is -0.466 e. The Bertz CT molecular complexity index is 505. The second-order valence-electron chi connectivity index (χ2n) is 11.5. The van der Waals surface area contributed by atoms with Gasteiger partial charge in [-0.15, -0.1) is 0 Å². The second-order valence-corrected chi connectivity index (χ2v) is 11.5. The highest BCUT2D eigenvalue weighted by atomic mass is 16.5. The molecule has 0 bridgehead atoms. The molecule has 0 amide bonds. The van der Waals surface area contributed by atoms with Crippen LogP contribution in [0.15, 0.2) is 0 Å². The smallest absolute Gasteiger partial charge is 0.306 e. The van der Waals surface area contributed by atoms with Crippen LogP contribution in [0.25, 0.3) is 0 Å². The van der Waals surface area contributed by atoms with Crippen molar-refractivity contribution in [1.82, 2.24) is 0 Å². The number of rotatable bonds is 30. The molecule has 4 heteroatoms. The minimum atomic E-state index is -0.0241. The Kier molecular flexibility index (Phi) is 29.6. The van der Waals surface area contributed by atoms with E-state index in [1.54, 1.807) is 0 Å². The summed E-state index contributed by atoms with van der Waals surface area (Å²) < 4.78 is 11.3. The Balaban J connectivity index is 3.95. The molecule has 0 saturated heterocycles. The van der Waals surface area contributed by atoms with Crippen molar-refractivity contribution < 1.29 is 19.1 Å². The third-order valence-electron chi connectivity index (χ3n) is 7.58. The van der Waals surface area contributed by atoms with Gasteiger partial charge in [-0.25, -0.2) is 0 Å². The van der Waals surface area contributed by atoms with Crippen LogP contribution in [0, 0.1) is 0 Å². The maximum absolute atomic E-state index is 12.4. The van der Waals surface area contributed by atoms with Crippen LogP contribution in [-0.2, 0) is 19.1 Å². The molecular weight excluding hydrogens is 472 g/mol. The molecule has 0 spiro atoms. The summed E-state index contributed by atoms with van der Waals surface area (Å²) in [5.74, 6) is -0.00560. The normalized spacial score (nSPS) is 12.0. The molecule has 0 aliphatic heterocycles. The molecular formula is C34H66O4. The third-order valence-corrected chi connectivity index (χ3v) is 7.58. The van der Waals surface area contributed by atoms with E-state index in [1.165, 1.54) is 103 Å². The molecule has 0 aliphatic rings. The van der Waals surface area contributed by atoms with Crippen LogP contribution in [0.1, 0.15) is 194 Å². The van der Waals surface area contributed by atoms with Crippen molar-refractivity contribution in [3.8, 4) is 0 Å². The number of hydrogen-bond acceptors (Lipinski definition) is 4. The van der Waals surface area contributed by atoms with Crippen molar-refractivity contribution in [3.05, 3.63) is 0 Å². The van der Waals surface area contributed by atoms with Gasteiger partial charge >= 0.3 is 11.9 Å². The summed E-state index contributed by atoms with van der Waals surface area (Å²) in [6.45, 7) is 7.26. The first-order valence-corrected chi connectivity index (χ1v) is 17.0. The van der Waals surface area contributed by atoms with Crippen LogP contribution in [0.4, 0.5) is 0 Å². The van der Waals surface area contributed by atoms with Gasteiger partial charge in [-0.3, -0.25) is 9.59 Å². The summed E-state index contributed by atoms with van der Waals surface area (Å²) in [7, 11) is 0. The van der Waals surface area contributed by atoms with Gasteiger partial charge in [-0.1, -0.05) is 136 Å². The predicted octanol–water partition coefficient (Wildman–Crippen LogP) is 11.0. The van der Waals surface area contributed by atoms with E-state index in [1.807, 2.05) is 0 Å². The zero-order valence-electron chi connectivity index (χ0n) is 26.0. The average Bonchev–Trinajstić information content (AvgIpc) is 2.91. The standard InChI is InChI=1S/C34H66O4/c1-4-7-10-13-14-19-22-27-32(38-34(36)30-25-18-12-9-6-3)28-23-20-15-16-21-26-31-37-33(35)29-24-17-11-8-5-2/h32H,4-31H2,1-3H3. The quantitative estimate of drug-likeness (QED) is 0.0674. The Morgan fingerprint density at radius 3 is 1.29 bits per heavy atom. The molecule has 0 saturated carbocycles. The molecule has 1 unspecified atom stereocenters. The molecule has 0 fully saturated rings. The highest BCUT2D eigenvalue weighted by molar-refractivity contribution is 5.69.